The van der Waals surface area contributed by atoms with Gasteiger partial charge in [0.2, 0.25) is 0 Å². The fourth-order valence-electron chi connectivity index (χ4n) is 4.65. The lowest BCUT2D eigenvalue weighted by molar-refractivity contribution is -0.131. The highest BCUT2D eigenvalue weighted by molar-refractivity contribution is 8.00. The van der Waals surface area contributed by atoms with Crippen LogP contribution in [-0.2, 0) is 11.2 Å². The van der Waals surface area contributed by atoms with Gasteiger partial charge in [-0.3, -0.25) is 9.69 Å². The van der Waals surface area contributed by atoms with Crippen molar-refractivity contribution in [2.45, 2.75) is 48.3 Å². The summed E-state index contributed by atoms with van der Waals surface area (Å²) in [6.07, 6.45) is 4.78. The van der Waals surface area contributed by atoms with Crippen LogP contribution in [0.2, 0.25) is 0 Å². The second-order valence-electron chi connectivity index (χ2n) is 6.69. The largest absolute Gasteiger partial charge is 0.299 e. The quantitative estimate of drug-likeness (QED) is 0.565. The topological polar surface area (TPSA) is 20.3 Å². The number of hydrogen-bond acceptors (Lipinski definition) is 4. The molecule has 0 N–H and O–H groups in total. The third kappa shape index (κ3) is 2.18. The zero-order chi connectivity index (χ0) is 14.6. The number of hydrogen-bond donors (Lipinski definition) is 2. The molecule has 1 aromatic rings. The molecule has 1 saturated carbocycles. The van der Waals surface area contributed by atoms with E-state index in [0.29, 0.717) is 24.3 Å². The molecule has 1 aromatic carbocycles. The van der Waals surface area contributed by atoms with Crippen LogP contribution in [0, 0.1) is 5.92 Å². The first-order valence-corrected chi connectivity index (χ1v) is 8.78. The molecule has 1 saturated heterocycles. The zero-order valence-corrected chi connectivity index (χ0v) is 13.8. The lowest BCUT2D eigenvalue weighted by Gasteiger charge is -2.55. The molecule has 3 aliphatic rings. The molecule has 4 rings (SSSR count). The second-order valence-corrected chi connectivity index (χ2v) is 8.64. The number of rotatable bonds is 0. The van der Waals surface area contributed by atoms with E-state index >= 15 is 0 Å². The van der Waals surface area contributed by atoms with E-state index in [1.165, 1.54) is 11.1 Å². The standard InChI is InChI=1S/C17H21NOS2/c19-15-7-3-6-13-16(15)17(20,21)10-14-12-5-2-1-4-11(12)8-9-18(13)14/h1-2,4-5,13-14,16,20-21H,3,6-10H2. The van der Waals surface area contributed by atoms with Gasteiger partial charge in [0.25, 0.3) is 0 Å². The molecule has 0 amide bonds. The van der Waals surface area contributed by atoms with Crippen LogP contribution in [-0.4, -0.2) is 27.3 Å². The van der Waals surface area contributed by atoms with Gasteiger partial charge in [0.15, 0.2) is 0 Å². The summed E-state index contributed by atoms with van der Waals surface area (Å²) < 4.78 is -0.478. The van der Waals surface area contributed by atoms with Crippen molar-refractivity contribution in [3.63, 3.8) is 0 Å². The predicted octanol–water partition coefficient (Wildman–Crippen LogP) is 3.28. The fraction of sp³-hybridized carbons (Fsp3) is 0.588. The maximum atomic E-state index is 12.4. The molecule has 2 fully saturated rings. The van der Waals surface area contributed by atoms with Gasteiger partial charge in [-0.25, -0.2) is 0 Å². The minimum atomic E-state index is -0.478. The van der Waals surface area contributed by atoms with Crippen LogP contribution in [0.3, 0.4) is 0 Å². The van der Waals surface area contributed by atoms with Crippen molar-refractivity contribution in [3.05, 3.63) is 35.4 Å². The van der Waals surface area contributed by atoms with Gasteiger partial charge in [-0.1, -0.05) is 24.3 Å². The van der Waals surface area contributed by atoms with Gasteiger partial charge < -0.3 is 0 Å². The van der Waals surface area contributed by atoms with Gasteiger partial charge in [0, 0.05) is 25.0 Å². The number of carbonyl (C=O) groups excluding carboxylic acids is 1. The Morgan fingerprint density at radius 2 is 2.00 bits per heavy atom. The van der Waals surface area contributed by atoms with Gasteiger partial charge in [-0.2, -0.15) is 25.3 Å². The summed E-state index contributed by atoms with van der Waals surface area (Å²) in [5.41, 5.74) is 2.88. The maximum Gasteiger partial charge on any atom is 0.139 e. The summed E-state index contributed by atoms with van der Waals surface area (Å²) in [6, 6.07) is 9.43. The minimum Gasteiger partial charge on any atom is -0.299 e. The normalized spacial score (nSPS) is 34.8. The van der Waals surface area contributed by atoms with Crippen LogP contribution in [0.5, 0.6) is 0 Å². The molecule has 0 spiro atoms. The van der Waals surface area contributed by atoms with Crippen LogP contribution >= 0.6 is 25.3 Å². The minimum absolute atomic E-state index is 0.0144. The number of ketones is 1. The smallest absolute Gasteiger partial charge is 0.139 e. The van der Waals surface area contributed by atoms with Crippen LogP contribution in [0.4, 0.5) is 0 Å². The highest BCUT2D eigenvalue weighted by Crippen LogP contribution is 2.53. The Balaban J connectivity index is 1.77. The third-order valence-electron chi connectivity index (χ3n) is 5.53. The van der Waals surface area contributed by atoms with Gasteiger partial charge in [-0.05, 0) is 36.8 Å². The van der Waals surface area contributed by atoms with Crippen LogP contribution in [0.25, 0.3) is 0 Å². The van der Waals surface area contributed by atoms with E-state index in [0.717, 1.165) is 32.2 Å². The van der Waals surface area contributed by atoms with Crippen LogP contribution in [0.15, 0.2) is 24.3 Å². The Kier molecular flexibility index (Phi) is 3.40. The second kappa shape index (κ2) is 5.04. The molecule has 112 valence electrons. The number of fused-ring (bicyclic) bond motifs is 5. The SMILES string of the molecule is O=C1CCCC2C1C(S)(S)CC1c3ccccc3CCN12. The predicted molar refractivity (Wildman–Crippen MR) is 91.0 cm³/mol. The molecular formula is C17H21NOS2. The van der Waals surface area contributed by atoms with E-state index in [1.54, 1.807) is 0 Å². The molecule has 2 heterocycles. The number of benzene rings is 1. The molecule has 21 heavy (non-hydrogen) atoms. The van der Waals surface area contributed by atoms with Gasteiger partial charge in [0.1, 0.15) is 5.78 Å². The third-order valence-corrected chi connectivity index (χ3v) is 6.45. The molecule has 2 aliphatic heterocycles. The number of nitrogens with zero attached hydrogens (tertiary/aromatic N) is 1. The molecule has 1 aliphatic carbocycles. The Labute approximate surface area is 137 Å². The summed E-state index contributed by atoms with van der Waals surface area (Å²) in [4.78, 5) is 15.0. The number of thiol groups is 2. The van der Waals surface area contributed by atoms with E-state index in [2.05, 4.69) is 29.2 Å². The first-order valence-electron chi connectivity index (χ1n) is 7.89. The van der Waals surface area contributed by atoms with Crippen LogP contribution in [0.1, 0.15) is 42.9 Å². The fourth-order valence-corrected chi connectivity index (χ4v) is 5.63. The summed E-state index contributed by atoms with van der Waals surface area (Å²) in [7, 11) is 0. The van der Waals surface area contributed by atoms with Crippen LogP contribution < -0.4 is 0 Å². The van der Waals surface area contributed by atoms with E-state index in [4.69, 9.17) is 25.3 Å². The molecule has 4 heteroatoms. The van der Waals surface area contributed by atoms with Crippen molar-refractivity contribution in [2.75, 3.05) is 6.54 Å². The van der Waals surface area contributed by atoms with Gasteiger partial charge in [-0.15, -0.1) is 0 Å². The lowest BCUT2D eigenvalue weighted by Crippen LogP contribution is -2.60. The Morgan fingerprint density at radius 3 is 2.86 bits per heavy atom. The highest BCUT2D eigenvalue weighted by atomic mass is 32.2. The van der Waals surface area contributed by atoms with E-state index in [9.17, 15) is 4.79 Å². The zero-order valence-electron chi connectivity index (χ0n) is 12.0. The van der Waals surface area contributed by atoms with Gasteiger partial charge >= 0.3 is 0 Å². The van der Waals surface area contributed by atoms with Crippen molar-refractivity contribution in [1.29, 1.82) is 0 Å². The van der Waals surface area contributed by atoms with E-state index in [1.807, 2.05) is 0 Å². The molecule has 0 bridgehead atoms. The lowest BCUT2D eigenvalue weighted by atomic mass is 9.72. The number of piperidine rings is 1. The summed E-state index contributed by atoms with van der Waals surface area (Å²) >= 11 is 9.65. The summed E-state index contributed by atoms with van der Waals surface area (Å²) in [6.45, 7) is 1.06. The monoisotopic (exact) mass is 319 g/mol. The number of carbonyl (C=O) groups is 1. The van der Waals surface area contributed by atoms with E-state index < -0.39 is 4.08 Å². The van der Waals surface area contributed by atoms with E-state index in [-0.39, 0.29) is 5.92 Å². The molecule has 0 radical (unpaired) electrons. The Bertz CT molecular complexity index is 586. The first kappa shape index (κ1) is 14.2. The molecule has 3 unspecified atom stereocenters. The summed E-state index contributed by atoms with van der Waals surface area (Å²) in [5.74, 6) is 0.355. The Morgan fingerprint density at radius 1 is 1.19 bits per heavy atom. The van der Waals surface area contributed by atoms with Gasteiger partial charge in [0.05, 0.1) is 10.00 Å². The maximum absolute atomic E-state index is 12.4. The Hall–Kier alpha value is -0.450. The van der Waals surface area contributed by atoms with Crippen molar-refractivity contribution < 1.29 is 4.79 Å². The highest BCUT2D eigenvalue weighted by Gasteiger charge is 2.53. The first-order chi connectivity index (χ1) is 10.1. The molecule has 2 nitrogen and oxygen atoms in total. The van der Waals surface area contributed by atoms with Crippen molar-refractivity contribution in [2.24, 2.45) is 5.92 Å². The summed E-state index contributed by atoms with van der Waals surface area (Å²) in [5, 5.41) is 0. The van der Waals surface area contributed by atoms with Crippen molar-refractivity contribution >= 4 is 31.0 Å². The molecule has 3 atom stereocenters. The number of Topliss-reactive ketones (excluding diaryl/α,β-unsaturated/α-hetero) is 1. The molecular weight excluding hydrogens is 298 g/mol. The average molecular weight is 319 g/mol. The van der Waals surface area contributed by atoms with Crippen molar-refractivity contribution in [3.8, 4) is 0 Å². The average Bonchev–Trinajstić information content (AvgIpc) is 2.46. The molecule has 0 aromatic heterocycles. The van der Waals surface area contributed by atoms with Crippen molar-refractivity contribution in [1.82, 2.24) is 4.90 Å².